The second-order valence-electron chi connectivity index (χ2n) is 4.90. The first kappa shape index (κ1) is 14.0. The lowest BCUT2D eigenvalue weighted by Gasteiger charge is -2.36. The van der Waals surface area contributed by atoms with Crippen molar-refractivity contribution in [2.45, 2.75) is 18.3 Å². The number of carbonyl (C=O) groups is 1. The highest BCUT2D eigenvalue weighted by Crippen LogP contribution is 2.33. The van der Waals surface area contributed by atoms with Crippen molar-refractivity contribution in [1.29, 1.82) is 0 Å². The lowest BCUT2D eigenvalue weighted by Crippen LogP contribution is -2.51. The van der Waals surface area contributed by atoms with Gasteiger partial charge in [-0.05, 0) is 31.5 Å². The molecule has 2 rings (SSSR count). The van der Waals surface area contributed by atoms with E-state index >= 15 is 0 Å². The van der Waals surface area contributed by atoms with Crippen LogP contribution in [-0.2, 0) is 20.2 Å². The third-order valence-corrected chi connectivity index (χ3v) is 4.05. The Bertz CT molecular complexity index is 549. The summed E-state index contributed by atoms with van der Waals surface area (Å²) in [6.45, 7) is 1.40. The van der Waals surface area contributed by atoms with Crippen LogP contribution in [0.3, 0.4) is 0 Å². The minimum absolute atomic E-state index is 0.428. The Morgan fingerprint density at radius 1 is 1.21 bits per heavy atom. The summed E-state index contributed by atoms with van der Waals surface area (Å²) < 4.78 is 24.8. The minimum Gasteiger partial charge on any atom is -0.317 e. The van der Waals surface area contributed by atoms with Crippen LogP contribution in [0.25, 0.3) is 0 Å². The molecule has 1 amide bonds. The summed E-state index contributed by atoms with van der Waals surface area (Å²) in [5, 5.41) is 3.20. The van der Waals surface area contributed by atoms with Crippen molar-refractivity contribution < 1.29 is 13.2 Å². The van der Waals surface area contributed by atoms with Crippen LogP contribution in [0.1, 0.15) is 18.4 Å². The first-order valence-corrected chi connectivity index (χ1v) is 8.12. The van der Waals surface area contributed by atoms with Gasteiger partial charge in [0.15, 0.2) is 0 Å². The van der Waals surface area contributed by atoms with E-state index in [2.05, 4.69) is 10.0 Å². The van der Waals surface area contributed by atoms with Gasteiger partial charge in [0.25, 0.3) is 0 Å². The van der Waals surface area contributed by atoms with Crippen LogP contribution in [0, 0.1) is 0 Å². The van der Waals surface area contributed by atoms with Crippen molar-refractivity contribution in [2.24, 2.45) is 0 Å². The van der Waals surface area contributed by atoms with E-state index in [0.29, 0.717) is 25.9 Å². The first-order valence-electron chi connectivity index (χ1n) is 6.22. The maximum absolute atomic E-state index is 12.4. The van der Waals surface area contributed by atoms with E-state index in [1.54, 1.807) is 0 Å². The first-order chi connectivity index (χ1) is 8.94. The number of hydrogen-bond donors (Lipinski definition) is 2. The largest absolute Gasteiger partial charge is 0.317 e. The number of piperidine rings is 1. The van der Waals surface area contributed by atoms with Gasteiger partial charge >= 0.3 is 0 Å². The summed E-state index contributed by atoms with van der Waals surface area (Å²) >= 11 is 0. The molecule has 0 saturated carbocycles. The van der Waals surface area contributed by atoms with Gasteiger partial charge in [-0.1, -0.05) is 30.3 Å². The fraction of sp³-hybridized carbons (Fsp3) is 0.462. The third-order valence-electron chi connectivity index (χ3n) is 3.50. The maximum atomic E-state index is 12.4. The minimum atomic E-state index is -3.54. The average Bonchev–Trinajstić information content (AvgIpc) is 2.38. The predicted molar refractivity (Wildman–Crippen MR) is 73.2 cm³/mol. The summed E-state index contributed by atoms with van der Waals surface area (Å²) in [7, 11) is -3.54. The van der Waals surface area contributed by atoms with Crippen LogP contribution >= 0.6 is 0 Å². The molecule has 0 unspecified atom stereocenters. The molecule has 6 heteroatoms. The molecule has 0 atom stereocenters. The summed E-state index contributed by atoms with van der Waals surface area (Å²) in [5.74, 6) is -0.428. The normalized spacial score (nSPS) is 18.8. The third kappa shape index (κ3) is 3.13. The van der Waals surface area contributed by atoms with Crippen LogP contribution < -0.4 is 10.0 Å². The molecule has 1 aliphatic rings. The van der Waals surface area contributed by atoms with Gasteiger partial charge in [-0.2, -0.15) is 0 Å². The second kappa shape index (κ2) is 5.30. The molecule has 2 N–H and O–H groups in total. The number of hydrogen-bond acceptors (Lipinski definition) is 4. The number of rotatable bonds is 3. The Kier molecular flexibility index (Phi) is 3.91. The maximum Gasteiger partial charge on any atom is 0.244 e. The molecule has 0 aliphatic carbocycles. The Balaban J connectivity index is 2.38. The molecule has 0 spiro atoms. The van der Waals surface area contributed by atoms with E-state index in [-0.39, 0.29) is 0 Å². The monoisotopic (exact) mass is 282 g/mol. The zero-order valence-corrected chi connectivity index (χ0v) is 11.7. The SMILES string of the molecule is CS(=O)(=O)NC(=O)C1(c2ccccc2)CCNCC1. The number of nitrogens with one attached hydrogen (secondary N) is 2. The van der Waals surface area contributed by atoms with E-state index in [0.717, 1.165) is 11.8 Å². The molecule has 0 radical (unpaired) electrons. The van der Waals surface area contributed by atoms with Gasteiger partial charge in [-0.15, -0.1) is 0 Å². The van der Waals surface area contributed by atoms with E-state index in [4.69, 9.17) is 0 Å². The van der Waals surface area contributed by atoms with Crippen molar-refractivity contribution >= 4 is 15.9 Å². The zero-order valence-electron chi connectivity index (χ0n) is 10.8. The number of sulfonamides is 1. The highest BCUT2D eigenvalue weighted by atomic mass is 32.2. The van der Waals surface area contributed by atoms with E-state index in [1.807, 2.05) is 30.3 Å². The molecule has 1 fully saturated rings. The van der Waals surface area contributed by atoms with Gasteiger partial charge in [-0.3, -0.25) is 9.52 Å². The van der Waals surface area contributed by atoms with Gasteiger partial charge in [0.1, 0.15) is 0 Å². The molecule has 1 aromatic rings. The molecule has 104 valence electrons. The van der Waals surface area contributed by atoms with Crippen LogP contribution in [0.2, 0.25) is 0 Å². The summed E-state index contributed by atoms with van der Waals surface area (Å²) in [6.07, 6.45) is 2.20. The molecule has 0 aromatic heterocycles. The summed E-state index contributed by atoms with van der Waals surface area (Å²) in [4.78, 5) is 12.4. The highest BCUT2D eigenvalue weighted by Gasteiger charge is 2.42. The van der Waals surface area contributed by atoms with Crippen LogP contribution in [0.15, 0.2) is 30.3 Å². The van der Waals surface area contributed by atoms with Crippen molar-refractivity contribution in [3.63, 3.8) is 0 Å². The van der Waals surface area contributed by atoms with E-state index < -0.39 is 21.3 Å². The van der Waals surface area contributed by atoms with E-state index in [9.17, 15) is 13.2 Å². The molecule has 1 aliphatic heterocycles. The summed E-state index contributed by atoms with van der Waals surface area (Å²) in [5.41, 5.74) is 0.118. The number of carbonyl (C=O) groups excluding carboxylic acids is 1. The summed E-state index contributed by atoms with van der Waals surface area (Å²) in [6, 6.07) is 9.38. The molecule has 0 bridgehead atoms. The molecule has 1 saturated heterocycles. The highest BCUT2D eigenvalue weighted by molar-refractivity contribution is 7.89. The van der Waals surface area contributed by atoms with Crippen LogP contribution in [0.5, 0.6) is 0 Å². The number of benzene rings is 1. The zero-order chi connectivity index (χ0) is 13.9. The fourth-order valence-corrected chi connectivity index (χ4v) is 3.06. The Morgan fingerprint density at radius 2 is 1.79 bits per heavy atom. The molecular weight excluding hydrogens is 264 g/mol. The Labute approximate surface area is 113 Å². The fourth-order valence-electron chi connectivity index (χ4n) is 2.52. The lowest BCUT2D eigenvalue weighted by atomic mass is 9.72. The van der Waals surface area contributed by atoms with Gasteiger partial charge in [-0.25, -0.2) is 8.42 Å². The standard InChI is InChI=1S/C13H18N2O3S/c1-19(17,18)15-12(16)13(7-9-14-10-8-13)11-5-3-2-4-6-11/h2-6,14H,7-10H2,1H3,(H,15,16). The van der Waals surface area contributed by atoms with Crippen LogP contribution in [-0.4, -0.2) is 33.7 Å². The topological polar surface area (TPSA) is 75.3 Å². The second-order valence-corrected chi connectivity index (χ2v) is 6.65. The van der Waals surface area contributed by atoms with Crippen molar-refractivity contribution in [1.82, 2.24) is 10.0 Å². The Morgan fingerprint density at radius 3 is 2.32 bits per heavy atom. The quantitative estimate of drug-likeness (QED) is 0.840. The molecule has 5 nitrogen and oxygen atoms in total. The molecule has 1 heterocycles. The lowest BCUT2D eigenvalue weighted by molar-refractivity contribution is -0.125. The smallest absolute Gasteiger partial charge is 0.244 e. The van der Waals surface area contributed by atoms with Gasteiger partial charge in [0.05, 0.1) is 11.7 Å². The molecule has 1 aromatic carbocycles. The van der Waals surface area contributed by atoms with Crippen molar-refractivity contribution in [2.75, 3.05) is 19.3 Å². The van der Waals surface area contributed by atoms with Gasteiger partial charge < -0.3 is 5.32 Å². The Hall–Kier alpha value is -1.40. The molecule has 19 heavy (non-hydrogen) atoms. The molecular formula is C13H18N2O3S. The van der Waals surface area contributed by atoms with Gasteiger partial charge in [0, 0.05) is 0 Å². The van der Waals surface area contributed by atoms with Gasteiger partial charge in [0.2, 0.25) is 15.9 Å². The average molecular weight is 282 g/mol. The van der Waals surface area contributed by atoms with Crippen LogP contribution in [0.4, 0.5) is 0 Å². The van der Waals surface area contributed by atoms with Crippen molar-refractivity contribution in [3.8, 4) is 0 Å². The van der Waals surface area contributed by atoms with Crippen molar-refractivity contribution in [3.05, 3.63) is 35.9 Å². The predicted octanol–water partition coefficient (Wildman–Crippen LogP) is 0.384. The number of amides is 1. The van der Waals surface area contributed by atoms with E-state index in [1.165, 1.54) is 0 Å².